The molecule has 1 amide bonds. The quantitative estimate of drug-likeness (QED) is 0.656. The maximum atomic E-state index is 11.8. The predicted octanol–water partition coefficient (Wildman–Crippen LogP) is 0.997. The lowest BCUT2D eigenvalue weighted by molar-refractivity contribution is 0.0810. The van der Waals surface area contributed by atoms with E-state index in [-0.39, 0.29) is 12.5 Å². The second-order valence-electron chi connectivity index (χ2n) is 3.06. The van der Waals surface area contributed by atoms with Gasteiger partial charge in [-0.25, -0.2) is 0 Å². The van der Waals surface area contributed by atoms with E-state index in [0.29, 0.717) is 17.0 Å². The molecule has 0 atom stereocenters. The van der Waals surface area contributed by atoms with E-state index in [4.69, 9.17) is 10.9 Å². The standard InChI is InChI=1S/C10H12N2O2/c1-5-6-12(4)10(13)9-7(2)11-14-8(9)3/h1H,6H2,2-4H3. The maximum absolute atomic E-state index is 11.8. The van der Waals surface area contributed by atoms with Crippen molar-refractivity contribution >= 4 is 5.91 Å². The van der Waals surface area contributed by atoms with Gasteiger partial charge in [-0.2, -0.15) is 0 Å². The number of hydrogen-bond donors (Lipinski definition) is 0. The zero-order valence-corrected chi connectivity index (χ0v) is 8.50. The molecule has 0 aromatic carbocycles. The van der Waals surface area contributed by atoms with Crippen LogP contribution in [0.3, 0.4) is 0 Å². The van der Waals surface area contributed by atoms with E-state index in [1.807, 2.05) is 0 Å². The number of rotatable bonds is 2. The Balaban J connectivity index is 2.95. The second-order valence-corrected chi connectivity index (χ2v) is 3.06. The number of carbonyl (C=O) groups is 1. The summed E-state index contributed by atoms with van der Waals surface area (Å²) in [7, 11) is 1.65. The molecule has 0 unspecified atom stereocenters. The lowest BCUT2D eigenvalue weighted by Crippen LogP contribution is -2.27. The number of amides is 1. The van der Waals surface area contributed by atoms with Gasteiger partial charge in [-0.1, -0.05) is 11.1 Å². The van der Waals surface area contributed by atoms with Gasteiger partial charge in [-0.15, -0.1) is 6.42 Å². The van der Waals surface area contributed by atoms with Crippen molar-refractivity contribution in [3.63, 3.8) is 0 Å². The molecule has 0 bridgehead atoms. The van der Waals surface area contributed by atoms with Gasteiger partial charge in [-0.05, 0) is 13.8 Å². The molecule has 74 valence electrons. The molecule has 14 heavy (non-hydrogen) atoms. The third kappa shape index (κ3) is 1.77. The van der Waals surface area contributed by atoms with Gasteiger partial charge in [0.2, 0.25) is 0 Å². The van der Waals surface area contributed by atoms with E-state index in [1.54, 1.807) is 20.9 Å². The second kappa shape index (κ2) is 3.97. The highest BCUT2D eigenvalue weighted by Crippen LogP contribution is 2.13. The van der Waals surface area contributed by atoms with Crippen LogP contribution in [0.25, 0.3) is 0 Å². The number of terminal acetylenes is 1. The predicted molar refractivity (Wildman–Crippen MR) is 51.8 cm³/mol. The fraction of sp³-hybridized carbons (Fsp3) is 0.400. The molecular weight excluding hydrogens is 180 g/mol. The number of aryl methyl sites for hydroxylation is 2. The van der Waals surface area contributed by atoms with Gasteiger partial charge < -0.3 is 9.42 Å². The van der Waals surface area contributed by atoms with E-state index in [1.165, 1.54) is 4.90 Å². The Kier molecular flexibility index (Phi) is 2.92. The van der Waals surface area contributed by atoms with Gasteiger partial charge in [-0.3, -0.25) is 4.79 Å². The smallest absolute Gasteiger partial charge is 0.259 e. The summed E-state index contributed by atoms with van der Waals surface area (Å²) < 4.78 is 4.90. The average Bonchev–Trinajstić information content (AvgIpc) is 2.46. The third-order valence-corrected chi connectivity index (χ3v) is 1.92. The molecule has 1 heterocycles. The Bertz CT molecular complexity index is 368. The molecule has 0 saturated heterocycles. The zero-order chi connectivity index (χ0) is 10.7. The largest absolute Gasteiger partial charge is 0.361 e. The van der Waals surface area contributed by atoms with E-state index in [0.717, 1.165) is 0 Å². The van der Waals surface area contributed by atoms with Crippen LogP contribution >= 0.6 is 0 Å². The van der Waals surface area contributed by atoms with E-state index in [9.17, 15) is 4.79 Å². The van der Waals surface area contributed by atoms with Crippen molar-refractivity contribution in [2.24, 2.45) is 0 Å². The van der Waals surface area contributed by atoms with Crippen LogP contribution in [-0.4, -0.2) is 29.6 Å². The minimum absolute atomic E-state index is 0.154. The van der Waals surface area contributed by atoms with Crippen molar-refractivity contribution in [2.45, 2.75) is 13.8 Å². The number of hydrogen-bond acceptors (Lipinski definition) is 3. The minimum Gasteiger partial charge on any atom is -0.361 e. The van der Waals surface area contributed by atoms with Crippen LogP contribution in [0, 0.1) is 26.2 Å². The summed E-state index contributed by atoms with van der Waals surface area (Å²) in [5, 5.41) is 3.71. The fourth-order valence-electron chi connectivity index (χ4n) is 1.19. The monoisotopic (exact) mass is 192 g/mol. The first-order valence-electron chi connectivity index (χ1n) is 4.19. The fourth-order valence-corrected chi connectivity index (χ4v) is 1.19. The molecule has 4 nitrogen and oxygen atoms in total. The van der Waals surface area contributed by atoms with Crippen LogP contribution in [0.2, 0.25) is 0 Å². The topological polar surface area (TPSA) is 46.3 Å². The molecule has 0 aliphatic heterocycles. The van der Waals surface area contributed by atoms with Crippen molar-refractivity contribution in [1.29, 1.82) is 0 Å². The van der Waals surface area contributed by atoms with E-state index < -0.39 is 0 Å². The molecule has 0 fully saturated rings. The van der Waals surface area contributed by atoms with Crippen molar-refractivity contribution < 1.29 is 9.32 Å². The SMILES string of the molecule is C#CCN(C)C(=O)c1c(C)noc1C. The van der Waals surface area contributed by atoms with Gasteiger partial charge >= 0.3 is 0 Å². The van der Waals surface area contributed by atoms with Gasteiger partial charge in [0.15, 0.2) is 0 Å². The Morgan fingerprint density at radius 2 is 2.29 bits per heavy atom. The van der Waals surface area contributed by atoms with Crippen LogP contribution in [0.5, 0.6) is 0 Å². The zero-order valence-electron chi connectivity index (χ0n) is 8.50. The number of aromatic nitrogens is 1. The summed E-state index contributed by atoms with van der Waals surface area (Å²) >= 11 is 0. The molecule has 4 heteroatoms. The Labute approximate surface area is 82.9 Å². The molecule has 0 radical (unpaired) electrons. The first-order valence-corrected chi connectivity index (χ1v) is 4.19. The van der Waals surface area contributed by atoms with Crippen molar-refractivity contribution in [1.82, 2.24) is 10.1 Å². The van der Waals surface area contributed by atoms with Gasteiger partial charge in [0.25, 0.3) is 5.91 Å². The highest BCUT2D eigenvalue weighted by atomic mass is 16.5. The molecule has 0 aliphatic carbocycles. The summed E-state index contributed by atoms with van der Waals surface area (Å²) in [5.74, 6) is 2.77. The first-order chi connectivity index (χ1) is 6.57. The normalized spacial score (nSPS) is 9.57. The summed E-state index contributed by atoms with van der Waals surface area (Å²) in [6.45, 7) is 3.72. The van der Waals surface area contributed by atoms with Crippen LogP contribution in [-0.2, 0) is 0 Å². The van der Waals surface area contributed by atoms with Gasteiger partial charge in [0, 0.05) is 7.05 Å². The van der Waals surface area contributed by atoms with Crippen molar-refractivity contribution in [2.75, 3.05) is 13.6 Å². The molecule has 1 rings (SSSR count). The minimum atomic E-state index is -0.154. The summed E-state index contributed by atoms with van der Waals surface area (Å²) in [6.07, 6.45) is 5.11. The highest BCUT2D eigenvalue weighted by Gasteiger charge is 2.20. The molecule has 0 N–H and O–H groups in total. The van der Waals surface area contributed by atoms with Crippen LogP contribution < -0.4 is 0 Å². The molecule has 0 aliphatic rings. The summed E-state index contributed by atoms with van der Waals surface area (Å²) in [4.78, 5) is 13.2. The molecule has 1 aromatic rings. The van der Waals surface area contributed by atoms with Crippen LogP contribution in [0.1, 0.15) is 21.8 Å². The molecule has 1 aromatic heterocycles. The Morgan fingerprint density at radius 1 is 1.64 bits per heavy atom. The Hall–Kier alpha value is -1.76. The number of nitrogens with zero attached hydrogens (tertiary/aromatic N) is 2. The summed E-state index contributed by atoms with van der Waals surface area (Å²) in [6, 6.07) is 0. The van der Waals surface area contributed by atoms with E-state index in [2.05, 4.69) is 11.1 Å². The van der Waals surface area contributed by atoms with Crippen LogP contribution in [0.4, 0.5) is 0 Å². The first kappa shape index (κ1) is 10.3. The van der Waals surface area contributed by atoms with Crippen LogP contribution in [0.15, 0.2) is 4.52 Å². The Morgan fingerprint density at radius 3 is 2.71 bits per heavy atom. The molecule has 0 saturated carbocycles. The third-order valence-electron chi connectivity index (χ3n) is 1.92. The van der Waals surface area contributed by atoms with Crippen molar-refractivity contribution in [3.8, 4) is 12.3 Å². The number of carbonyl (C=O) groups excluding carboxylic acids is 1. The van der Waals surface area contributed by atoms with Crippen molar-refractivity contribution in [3.05, 3.63) is 17.0 Å². The molecular formula is C10H12N2O2. The average molecular weight is 192 g/mol. The van der Waals surface area contributed by atoms with Gasteiger partial charge in [0.1, 0.15) is 11.3 Å². The lowest BCUT2D eigenvalue weighted by Gasteiger charge is -2.12. The lowest BCUT2D eigenvalue weighted by atomic mass is 10.2. The summed E-state index contributed by atoms with van der Waals surface area (Å²) in [5.41, 5.74) is 1.10. The maximum Gasteiger partial charge on any atom is 0.259 e. The molecule has 0 spiro atoms. The highest BCUT2D eigenvalue weighted by molar-refractivity contribution is 5.96. The van der Waals surface area contributed by atoms with E-state index >= 15 is 0 Å². The van der Waals surface area contributed by atoms with Gasteiger partial charge in [0.05, 0.1) is 12.2 Å².